The number of hydrogen-bond donors (Lipinski definition) is 1. The number of carboxylic acids is 1. The number of carbonyl (C=O) groups is 2. The summed E-state index contributed by atoms with van der Waals surface area (Å²) in [5.74, 6) is -0.402. The molecular formula is C20H20N2O7S. The van der Waals surface area contributed by atoms with Crippen LogP contribution in [0.1, 0.15) is 20.7 Å². The Labute approximate surface area is 173 Å². The van der Waals surface area contributed by atoms with Crippen LogP contribution in [0.4, 0.5) is 0 Å². The summed E-state index contributed by atoms with van der Waals surface area (Å²) >= 11 is 0. The topological polar surface area (TPSA) is 113 Å². The molecule has 2 aromatic rings. The first-order valence-corrected chi connectivity index (χ1v) is 10.8. The Morgan fingerprint density at radius 1 is 0.833 bits per heavy atom. The molecule has 2 heterocycles. The first-order valence-electron chi connectivity index (χ1n) is 9.39. The van der Waals surface area contributed by atoms with E-state index in [1.54, 1.807) is 11.0 Å². The van der Waals surface area contributed by atoms with Gasteiger partial charge in [-0.1, -0.05) is 0 Å². The molecule has 0 aliphatic carbocycles. The summed E-state index contributed by atoms with van der Waals surface area (Å²) in [5, 5.41) is 8.96. The maximum absolute atomic E-state index is 13.0. The van der Waals surface area contributed by atoms with Gasteiger partial charge in [0.25, 0.3) is 5.91 Å². The van der Waals surface area contributed by atoms with Gasteiger partial charge in [-0.15, -0.1) is 0 Å². The Hall–Kier alpha value is -3.11. The molecule has 9 nitrogen and oxygen atoms in total. The normalized spacial score (nSPS) is 16.9. The average Bonchev–Trinajstić information content (AvgIpc) is 2.78. The summed E-state index contributed by atoms with van der Waals surface area (Å²) in [6.45, 7) is 1.59. The molecule has 4 rings (SSSR count). The maximum atomic E-state index is 13.0. The predicted molar refractivity (Wildman–Crippen MR) is 105 cm³/mol. The smallest absolute Gasteiger partial charge is 0.335 e. The van der Waals surface area contributed by atoms with Crippen LogP contribution in [0.15, 0.2) is 47.4 Å². The highest BCUT2D eigenvalue weighted by Gasteiger charge is 2.31. The molecule has 0 radical (unpaired) electrons. The van der Waals surface area contributed by atoms with E-state index in [9.17, 15) is 18.0 Å². The highest BCUT2D eigenvalue weighted by molar-refractivity contribution is 7.89. The van der Waals surface area contributed by atoms with Crippen molar-refractivity contribution in [2.45, 2.75) is 4.90 Å². The van der Waals surface area contributed by atoms with Crippen molar-refractivity contribution in [2.75, 3.05) is 39.4 Å². The number of rotatable bonds is 4. The number of carboxylic acid groups (broad SMARTS) is 1. The molecule has 10 heteroatoms. The van der Waals surface area contributed by atoms with Crippen LogP contribution in [0.5, 0.6) is 11.5 Å². The second-order valence-corrected chi connectivity index (χ2v) is 8.82. The Morgan fingerprint density at radius 2 is 1.43 bits per heavy atom. The summed E-state index contributed by atoms with van der Waals surface area (Å²) < 4.78 is 38.2. The van der Waals surface area contributed by atoms with Gasteiger partial charge < -0.3 is 19.5 Å². The van der Waals surface area contributed by atoms with E-state index in [1.807, 2.05) is 0 Å². The third-order valence-electron chi connectivity index (χ3n) is 5.06. The van der Waals surface area contributed by atoms with Gasteiger partial charge in [0.1, 0.15) is 13.2 Å². The average molecular weight is 432 g/mol. The number of benzene rings is 2. The van der Waals surface area contributed by atoms with Gasteiger partial charge in [0.15, 0.2) is 11.5 Å². The Morgan fingerprint density at radius 3 is 2.07 bits per heavy atom. The number of ether oxygens (including phenoxy) is 2. The fourth-order valence-corrected chi connectivity index (χ4v) is 4.84. The lowest BCUT2D eigenvalue weighted by Crippen LogP contribution is -2.50. The van der Waals surface area contributed by atoms with E-state index in [-0.39, 0.29) is 42.5 Å². The molecule has 1 fully saturated rings. The molecule has 1 N–H and O–H groups in total. The fourth-order valence-electron chi connectivity index (χ4n) is 3.40. The maximum Gasteiger partial charge on any atom is 0.335 e. The quantitative estimate of drug-likeness (QED) is 0.775. The predicted octanol–water partition coefficient (Wildman–Crippen LogP) is 1.30. The monoisotopic (exact) mass is 432 g/mol. The van der Waals surface area contributed by atoms with Crippen molar-refractivity contribution in [1.82, 2.24) is 9.21 Å². The fraction of sp³-hybridized carbons (Fsp3) is 0.300. The van der Waals surface area contributed by atoms with E-state index < -0.39 is 16.0 Å². The Kier molecular flexibility index (Phi) is 5.35. The van der Waals surface area contributed by atoms with E-state index in [2.05, 4.69) is 0 Å². The van der Waals surface area contributed by atoms with Crippen LogP contribution in [0.2, 0.25) is 0 Å². The van der Waals surface area contributed by atoms with E-state index in [0.717, 1.165) is 0 Å². The van der Waals surface area contributed by atoms with Gasteiger partial charge in [-0.3, -0.25) is 4.79 Å². The van der Waals surface area contributed by atoms with Gasteiger partial charge in [0.05, 0.1) is 10.5 Å². The minimum absolute atomic E-state index is 0.0990. The van der Waals surface area contributed by atoms with Crippen molar-refractivity contribution in [3.05, 3.63) is 53.6 Å². The third kappa shape index (κ3) is 3.83. The summed E-state index contributed by atoms with van der Waals surface area (Å²) in [7, 11) is -3.73. The number of nitrogens with zero attached hydrogens (tertiary/aromatic N) is 2. The first kappa shape index (κ1) is 20.2. The minimum atomic E-state index is -3.73. The third-order valence-corrected chi connectivity index (χ3v) is 6.95. The molecule has 2 aliphatic rings. The van der Waals surface area contributed by atoms with Crippen molar-refractivity contribution in [2.24, 2.45) is 0 Å². The summed E-state index contributed by atoms with van der Waals surface area (Å²) in [4.78, 5) is 25.3. The van der Waals surface area contributed by atoms with Crippen LogP contribution in [-0.2, 0) is 10.0 Å². The van der Waals surface area contributed by atoms with Crippen LogP contribution in [-0.4, -0.2) is 74.0 Å². The molecule has 1 saturated heterocycles. The number of carbonyl (C=O) groups excluding carboxylic acids is 1. The van der Waals surface area contributed by atoms with E-state index in [1.165, 1.54) is 40.7 Å². The second-order valence-electron chi connectivity index (χ2n) is 6.88. The lowest BCUT2D eigenvalue weighted by molar-refractivity contribution is 0.0684. The molecule has 0 unspecified atom stereocenters. The molecule has 2 aromatic carbocycles. The van der Waals surface area contributed by atoms with Crippen LogP contribution < -0.4 is 9.47 Å². The zero-order valence-electron chi connectivity index (χ0n) is 16.0. The van der Waals surface area contributed by atoms with Crippen molar-refractivity contribution < 1.29 is 32.6 Å². The molecule has 0 atom stereocenters. The van der Waals surface area contributed by atoms with Gasteiger partial charge in [0, 0.05) is 37.8 Å². The van der Waals surface area contributed by atoms with Gasteiger partial charge in [0.2, 0.25) is 10.0 Å². The van der Waals surface area contributed by atoms with Gasteiger partial charge >= 0.3 is 5.97 Å². The second kappa shape index (κ2) is 7.96. The van der Waals surface area contributed by atoms with Gasteiger partial charge in [-0.05, 0) is 36.4 Å². The van der Waals surface area contributed by atoms with Crippen molar-refractivity contribution >= 4 is 21.9 Å². The number of sulfonamides is 1. The number of piperazine rings is 1. The highest BCUT2D eigenvalue weighted by atomic mass is 32.2. The molecule has 158 valence electrons. The largest absolute Gasteiger partial charge is 0.486 e. The zero-order chi connectivity index (χ0) is 21.3. The Balaban J connectivity index is 1.43. The van der Waals surface area contributed by atoms with Crippen molar-refractivity contribution in [3.8, 4) is 11.5 Å². The van der Waals surface area contributed by atoms with Gasteiger partial charge in [-0.2, -0.15) is 4.31 Å². The highest BCUT2D eigenvalue weighted by Crippen LogP contribution is 2.33. The molecule has 0 aromatic heterocycles. The summed E-state index contributed by atoms with van der Waals surface area (Å²) in [5.41, 5.74) is 0.463. The molecule has 1 amide bonds. The molecule has 0 spiro atoms. The SMILES string of the molecule is O=C(O)c1ccc(C(=O)N2CCN(S(=O)(=O)c3ccc4c(c3)OCCO4)CC2)cc1. The molecule has 2 aliphatic heterocycles. The van der Waals surface area contributed by atoms with Crippen molar-refractivity contribution in [1.29, 1.82) is 0 Å². The van der Waals surface area contributed by atoms with Crippen LogP contribution in [0.25, 0.3) is 0 Å². The Bertz CT molecular complexity index is 1070. The molecule has 30 heavy (non-hydrogen) atoms. The summed E-state index contributed by atoms with van der Waals surface area (Å²) in [6.07, 6.45) is 0. The number of amides is 1. The number of hydrogen-bond acceptors (Lipinski definition) is 6. The molecule has 0 bridgehead atoms. The zero-order valence-corrected chi connectivity index (χ0v) is 16.8. The lowest BCUT2D eigenvalue weighted by Gasteiger charge is -2.34. The van der Waals surface area contributed by atoms with Crippen LogP contribution in [0, 0.1) is 0 Å². The first-order chi connectivity index (χ1) is 14.4. The molecule has 0 saturated carbocycles. The van der Waals surface area contributed by atoms with Crippen molar-refractivity contribution in [3.63, 3.8) is 0 Å². The standard InChI is InChI=1S/C20H20N2O7S/c23-19(14-1-3-15(4-2-14)20(24)25)21-7-9-22(10-8-21)30(26,27)16-5-6-17-18(13-16)29-12-11-28-17/h1-6,13H,7-12H2,(H,24,25). The molecular weight excluding hydrogens is 412 g/mol. The number of fused-ring (bicyclic) bond motifs is 1. The number of aromatic carboxylic acids is 1. The summed E-state index contributed by atoms with van der Waals surface area (Å²) in [6, 6.07) is 10.2. The minimum Gasteiger partial charge on any atom is -0.486 e. The van der Waals surface area contributed by atoms with E-state index in [4.69, 9.17) is 14.6 Å². The van der Waals surface area contributed by atoms with Crippen LogP contribution in [0.3, 0.4) is 0 Å². The lowest BCUT2D eigenvalue weighted by atomic mass is 10.1. The van der Waals surface area contributed by atoms with E-state index >= 15 is 0 Å². The van der Waals surface area contributed by atoms with E-state index in [0.29, 0.717) is 30.3 Å². The van der Waals surface area contributed by atoms with Gasteiger partial charge in [-0.25, -0.2) is 13.2 Å². The van der Waals surface area contributed by atoms with Crippen LogP contribution >= 0.6 is 0 Å².